The van der Waals surface area contributed by atoms with Gasteiger partial charge in [0.05, 0.1) is 0 Å². The summed E-state index contributed by atoms with van der Waals surface area (Å²) < 4.78 is 7.02. The van der Waals surface area contributed by atoms with Crippen molar-refractivity contribution in [2.75, 3.05) is 19.6 Å². The number of aromatic hydroxyl groups is 1. The van der Waals surface area contributed by atoms with Crippen LogP contribution in [0.5, 0.6) is 5.75 Å². The van der Waals surface area contributed by atoms with Crippen molar-refractivity contribution in [3.8, 4) is 16.2 Å². The zero-order valence-electron chi connectivity index (χ0n) is 18.2. The molecule has 5 rings (SSSR count). The molecule has 0 amide bonds. The van der Waals surface area contributed by atoms with Crippen molar-refractivity contribution < 1.29 is 14.6 Å². The van der Waals surface area contributed by atoms with E-state index in [9.17, 15) is 9.90 Å². The fourth-order valence-electron chi connectivity index (χ4n) is 4.48. The van der Waals surface area contributed by atoms with Crippen LogP contribution in [0.1, 0.15) is 30.1 Å². The summed E-state index contributed by atoms with van der Waals surface area (Å²) in [5.41, 5.74) is 1.77. The van der Waals surface area contributed by atoms with E-state index in [0.29, 0.717) is 6.42 Å². The number of rotatable bonds is 7. The lowest BCUT2D eigenvalue weighted by molar-refractivity contribution is -0.0177. The second-order valence-electron chi connectivity index (χ2n) is 8.52. The van der Waals surface area contributed by atoms with Gasteiger partial charge in [-0.05, 0) is 55.3 Å². The Kier molecular flexibility index (Phi) is 5.85. The Hall–Kier alpha value is -2.89. The molecule has 1 atom stereocenters. The van der Waals surface area contributed by atoms with Gasteiger partial charge in [-0.3, -0.25) is 9.69 Å². The third kappa shape index (κ3) is 4.10. The summed E-state index contributed by atoms with van der Waals surface area (Å²) >= 11 is 1.56. The lowest BCUT2D eigenvalue weighted by Gasteiger charge is -2.39. The zero-order valence-corrected chi connectivity index (χ0v) is 19.0. The van der Waals surface area contributed by atoms with E-state index in [1.807, 2.05) is 54.6 Å². The maximum absolute atomic E-state index is 13.7. The second kappa shape index (κ2) is 8.93. The van der Waals surface area contributed by atoms with Gasteiger partial charge in [-0.2, -0.15) is 0 Å². The Labute approximate surface area is 192 Å². The van der Waals surface area contributed by atoms with Gasteiger partial charge in [0.2, 0.25) is 0 Å². The van der Waals surface area contributed by atoms with Crippen LogP contribution in [-0.2, 0) is 4.74 Å². The van der Waals surface area contributed by atoms with Crippen molar-refractivity contribution in [1.29, 1.82) is 0 Å². The van der Waals surface area contributed by atoms with Crippen molar-refractivity contribution in [3.05, 3.63) is 78.1 Å². The molecule has 2 aliphatic rings. The minimum absolute atomic E-state index is 0.116. The summed E-state index contributed by atoms with van der Waals surface area (Å²) in [6.07, 6.45) is 8.05. The highest BCUT2D eigenvalue weighted by Gasteiger charge is 2.30. The molecule has 1 N–H and O–H groups in total. The van der Waals surface area contributed by atoms with E-state index < -0.39 is 0 Å². The van der Waals surface area contributed by atoms with Crippen LogP contribution in [0.3, 0.4) is 0 Å². The van der Waals surface area contributed by atoms with Crippen LogP contribution in [0.25, 0.3) is 20.5 Å². The van der Waals surface area contributed by atoms with Gasteiger partial charge in [-0.15, -0.1) is 11.3 Å². The molecule has 1 aromatic heterocycles. The van der Waals surface area contributed by atoms with E-state index >= 15 is 0 Å². The minimum atomic E-state index is -0.214. The molecule has 1 fully saturated rings. The molecule has 5 heteroatoms. The normalized spacial score (nSPS) is 19.0. The highest BCUT2D eigenvalue weighted by molar-refractivity contribution is 7.22. The first-order valence-corrected chi connectivity index (χ1v) is 12.1. The number of carbonyl (C=O) groups excluding carboxylic acids is 1. The smallest absolute Gasteiger partial charge is 0.172 e. The van der Waals surface area contributed by atoms with Crippen LogP contribution in [0.2, 0.25) is 0 Å². The van der Waals surface area contributed by atoms with Gasteiger partial charge in [0.25, 0.3) is 0 Å². The van der Waals surface area contributed by atoms with Gasteiger partial charge in [-0.25, -0.2) is 0 Å². The maximum Gasteiger partial charge on any atom is 0.172 e. The van der Waals surface area contributed by atoms with Gasteiger partial charge >= 0.3 is 0 Å². The molecule has 164 valence electrons. The third-order valence-electron chi connectivity index (χ3n) is 6.12. The summed E-state index contributed by atoms with van der Waals surface area (Å²) in [4.78, 5) is 17.0. The monoisotopic (exact) mass is 445 g/mol. The molecule has 3 aromatic rings. The van der Waals surface area contributed by atoms with Crippen molar-refractivity contribution in [1.82, 2.24) is 4.90 Å². The molecule has 0 radical (unpaired) electrons. The van der Waals surface area contributed by atoms with Crippen LogP contribution in [0.4, 0.5) is 0 Å². The SMILES string of the molecule is CCCN1CC(OC2=CCC(C(=O)c3c(-c4ccccc4)sc4cc(O)ccc34)C=C2)C1. The van der Waals surface area contributed by atoms with Gasteiger partial charge in [0.15, 0.2) is 5.78 Å². The largest absolute Gasteiger partial charge is 0.508 e. The quantitative estimate of drug-likeness (QED) is 0.451. The van der Waals surface area contributed by atoms with Crippen LogP contribution in [0, 0.1) is 5.92 Å². The molecule has 2 aromatic carbocycles. The Morgan fingerprint density at radius 3 is 2.72 bits per heavy atom. The number of ketones is 1. The average molecular weight is 446 g/mol. The number of thiophene rings is 1. The van der Waals surface area contributed by atoms with E-state index in [1.165, 1.54) is 6.42 Å². The molecule has 4 nitrogen and oxygen atoms in total. The Balaban J connectivity index is 1.37. The molecule has 0 spiro atoms. The van der Waals surface area contributed by atoms with Crippen molar-refractivity contribution in [2.45, 2.75) is 25.9 Å². The number of likely N-dealkylation sites (tertiary alicyclic amines) is 1. The lowest BCUT2D eigenvalue weighted by Crippen LogP contribution is -2.52. The summed E-state index contributed by atoms with van der Waals surface area (Å²) in [5, 5.41) is 10.9. The highest BCUT2D eigenvalue weighted by Crippen LogP contribution is 2.41. The fraction of sp³-hybridized carbons (Fsp3) is 0.296. The maximum atomic E-state index is 13.7. The van der Waals surface area contributed by atoms with Crippen molar-refractivity contribution in [3.63, 3.8) is 0 Å². The van der Waals surface area contributed by atoms with Gasteiger partial charge in [0, 0.05) is 39.5 Å². The number of ether oxygens (including phenoxy) is 1. The zero-order chi connectivity index (χ0) is 22.1. The number of nitrogens with zero attached hydrogens (tertiary/aromatic N) is 1. The molecule has 1 saturated heterocycles. The van der Waals surface area contributed by atoms with Crippen molar-refractivity contribution >= 4 is 27.2 Å². The number of allylic oxidation sites excluding steroid dienone is 3. The number of benzene rings is 2. The second-order valence-corrected chi connectivity index (χ2v) is 9.58. The van der Waals surface area contributed by atoms with Gasteiger partial charge in [-0.1, -0.05) is 43.3 Å². The average Bonchev–Trinajstić information content (AvgIpc) is 3.17. The van der Waals surface area contributed by atoms with E-state index in [4.69, 9.17) is 4.74 Å². The third-order valence-corrected chi connectivity index (χ3v) is 7.33. The first-order chi connectivity index (χ1) is 15.6. The first-order valence-electron chi connectivity index (χ1n) is 11.2. The van der Waals surface area contributed by atoms with Gasteiger partial charge in [0.1, 0.15) is 17.6 Å². The van der Waals surface area contributed by atoms with Crippen LogP contribution >= 0.6 is 11.3 Å². The molecule has 32 heavy (non-hydrogen) atoms. The Morgan fingerprint density at radius 2 is 2.00 bits per heavy atom. The minimum Gasteiger partial charge on any atom is -0.508 e. The summed E-state index contributed by atoms with van der Waals surface area (Å²) in [6.45, 7) is 5.28. The molecule has 1 aliphatic carbocycles. The fourth-order valence-corrected chi connectivity index (χ4v) is 5.73. The first kappa shape index (κ1) is 21.0. The Morgan fingerprint density at radius 1 is 1.19 bits per heavy atom. The molecular weight excluding hydrogens is 418 g/mol. The van der Waals surface area contributed by atoms with Crippen LogP contribution in [0.15, 0.2) is 72.5 Å². The molecule has 0 saturated carbocycles. The predicted molar refractivity (Wildman–Crippen MR) is 130 cm³/mol. The number of hydrogen-bond acceptors (Lipinski definition) is 5. The summed E-state index contributed by atoms with van der Waals surface area (Å²) in [5.74, 6) is 0.992. The number of hydrogen-bond donors (Lipinski definition) is 1. The lowest BCUT2D eigenvalue weighted by atomic mass is 9.89. The van der Waals surface area contributed by atoms with Crippen LogP contribution in [-0.4, -0.2) is 41.5 Å². The van der Waals surface area contributed by atoms with E-state index in [2.05, 4.69) is 11.8 Å². The topological polar surface area (TPSA) is 49.8 Å². The molecule has 2 heterocycles. The predicted octanol–water partition coefficient (Wildman–Crippen LogP) is 6.03. The Bertz CT molecular complexity index is 1190. The number of fused-ring (bicyclic) bond motifs is 1. The standard InChI is InChI=1S/C27H27NO3S/c1-2-14-28-16-22(17-28)31-21-11-8-18(9-12-21)26(30)25-23-13-10-20(29)15-24(23)32-27(25)19-6-4-3-5-7-19/h3-8,10-13,15,18,22,29H,2,9,14,16-17H2,1H3. The number of Topliss-reactive ketones (excluding diaryl/α,β-unsaturated/α-hetero) is 1. The van der Waals surface area contributed by atoms with E-state index in [1.54, 1.807) is 23.5 Å². The molecule has 1 unspecified atom stereocenters. The van der Waals surface area contributed by atoms with Crippen LogP contribution < -0.4 is 0 Å². The number of phenols is 1. The van der Waals surface area contributed by atoms with E-state index in [0.717, 1.165) is 51.5 Å². The highest BCUT2D eigenvalue weighted by atomic mass is 32.1. The van der Waals surface area contributed by atoms with Crippen molar-refractivity contribution in [2.24, 2.45) is 5.92 Å². The number of carbonyl (C=O) groups is 1. The number of phenolic OH excluding ortho intramolecular Hbond substituents is 1. The molecule has 1 aliphatic heterocycles. The van der Waals surface area contributed by atoms with E-state index in [-0.39, 0.29) is 23.6 Å². The molecular formula is C27H27NO3S. The summed E-state index contributed by atoms with van der Waals surface area (Å²) in [6, 6.07) is 15.3. The molecule has 0 bridgehead atoms. The van der Waals surface area contributed by atoms with Gasteiger partial charge < -0.3 is 9.84 Å². The summed E-state index contributed by atoms with van der Waals surface area (Å²) in [7, 11) is 0.